The molecular weight excluding hydrogens is 315 g/mol. The molecule has 0 saturated heterocycles. The van der Waals surface area contributed by atoms with Crippen LogP contribution in [0.25, 0.3) is 0 Å². The van der Waals surface area contributed by atoms with Gasteiger partial charge >= 0.3 is 0 Å². The number of nitrogens with zero attached hydrogens (tertiary/aromatic N) is 2. The molecule has 1 aromatic heterocycles. The molecule has 0 fully saturated rings. The Kier molecular flexibility index (Phi) is 3.84. The fourth-order valence-electron chi connectivity index (χ4n) is 1.51. The van der Waals surface area contributed by atoms with E-state index >= 15 is 0 Å². The molecule has 0 radical (unpaired) electrons. The molecule has 1 atom stereocenters. The predicted octanol–water partition coefficient (Wildman–Crippen LogP) is 2.57. The Bertz CT molecular complexity index is 614. The lowest BCUT2D eigenvalue weighted by atomic mass is 10.2. The highest BCUT2D eigenvalue weighted by molar-refractivity contribution is 9.10. The lowest BCUT2D eigenvalue weighted by molar-refractivity contribution is -0.119. The molecule has 3 N–H and O–H groups in total. The van der Waals surface area contributed by atoms with Gasteiger partial charge in [-0.25, -0.2) is 4.39 Å². The molecule has 2 aromatic rings. The molecule has 0 aliphatic rings. The molecule has 7 heteroatoms. The third kappa shape index (κ3) is 3.11. The molecule has 0 aliphatic heterocycles. The van der Waals surface area contributed by atoms with Gasteiger partial charge in [-0.2, -0.15) is 5.10 Å². The fourth-order valence-corrected chi connectivity index (χ4v) is 1.82. The number of carbonyl (C=O) groups excluding carboxylic acids is 1. The molecule has 0 spiro atoms. The molecule has 1 amide bonds. The van der Waals surface area contributed by atoms with Crippen molar-refractivity contribution in [2.45, 2.75) is 13.0 Å². The number of benzene rings is 1. The maximum atomic E-state index is 13.0. The van der Waals surface area contributed by atoms with Crippen LogP contribution in [0.5, 0.6) is 0 Å². The summed E-state index contributed by atoms with van der Waals surface area (Å²) in [5.41, 5.74) is 5.88. The fraction of sp³-hybridized carbons (Fsp3) is 0.167. The zero-order valence-electron chi connectivity index (χ0n) is 10.1. The Morgan fingerprint density at radius 2 is 2.32 bits per heavy atom. The number of nitrogen functional groups attached to an aromatic ring is 1. The lowest BCUT2D eigenvalue weighted by Crippen LogP contribution is -2.24. The van der Waals surface area contributed by atoms with Gasteiger partial charge in [-0.15, -0.1) is 0 Å². The van der Waals surface area contributed by atoms with Gasteiger partial charge < -0.3 is 11.1 Å². The summed E-state index contributed by atoms with van der Waals surface area (Å²) in [7, 11) is 0. The summed E-state index contributed by atoms with van der Waals surface area (Å²) in [6, 6.07) is 3.55. The molecule has 100 valence electrons. The van der Waals surface area contributed by atoms with Crippen LogP contribution in [0.15, 0.2) is 35.1 Å². The molecule has 0 bridgehead atoms. The maximum Gasteiger partial charge on any atom is 0.248 e. The lowest BCUT2D eigenvalue weighted by Gasteiger charge is -2.13. The van der Waals surface area contributed by atoms with Gasteiger partial charge in [-0.1, -0.05) is 0 Å². The van der Waals surface area contributed by atoms with Crippen LogP contribution in [0, 0.1) is 5.82 Å². The zero-order chi connectivity index (χ0) is 14.0. The number of nitrogens with two attached hydrogens (primary N) is 1. The number of hydrogen-bond acceptors (Lipinski definition) is 3. The largest absolute Gasteiger partial charge is 0.396 e. The van der Waals surface area contributed by atoms with Gasteiger partial charge in [0.1, 0.15) is 11.9 Å². The Hall–Kier alpha value is -1.89. The second-order valence-corrected chi connectivity index (χ2v) is 4.96. The number of aromatic nitrogens is 2. The molecule has 19 heavy (non-hydrogen) atoms. The minimum atomic E-state index is -0.512. The molecule has 0 saturated carbocycles. The van der Waals surface area contributed by atoms with E-state index in [2.05, 4.69) is 26.3 Å². The second kappa shape index (κ2) is 5.40. The van der Waals surface area contributed by atoms with E-state index in [1.165, 1.54) is 22.9 Å². The maximum absolute atomic E-state index is 13.0. The third-order valence-electron chi connectivity index (χ3n) is 2.61. The smallest absolute Gasteiger partial charge is 0.248 e. The predicted molar refractivity (Wildman–Crippen MR) is 74.1 cm³/mol. The first-order valence-corrected chi connectivity index (χ1v) is 6.32. The first-order chi connectivity index (χ1) is 8.97. The number of rotatable bonds is 3. The first-order valence-electron chi connectivity index (χ1n) is 5.53. The van der Waals surface area contributed by atoms with Gasteiger partial charge in [0.25, 0.3) is 0 Å². The Labute approximate surface area is 117 Å². The molecule has 5 nitrogen and oxygen atoms in total. The van der Waals surface area contributed by atoms with Gasteiger partial charge in [0.05, 0.1) is 16.4 Å². The normalized spacial score (nSPS) is 12.2. The van der Waals surface area contributed by atoms with E-state index in [-0.39, 0.29) is 11.6 Å². The molecular formula is C12H12BrFN4O. The van der Waals surface area contributed by atoms with Gasteiger partial charge in [0.2, 0.25) is 5.91 Å². The van der Waals surface area contributed by atoms with Crippen LogP contribution in [0.4, 0.5) is 15.8 Å². The van der Waals surface area contributed by atoms with Crippen LogP contribution >= 0.6 is 15.9 Å². The van der Waals surface area contributed by atoms with Crippen molar-refractivity contribution in [3.05, 3.63) is 40.9 Å². The zero-order valence-corrected chi connectivity index (χ0v) is 11.7. The van der Waals surface area contributed by atoms with Crippen LogP contribution in [-0.2, 0) is 4.79 Å². The minimum Gasteiger partial charge on any atom is -0.396 e. The summed E-state index contributed by atoms with van der Waals surface area (Å²) >= 11 is 3.26. The number of nitrogens with one attached hydrogen (secondary N) is 1. The van der Waals surface area contributed by atoms with Crippen LogP contribution < -0.4 is 11.1 Å². The van der Waals surface area contributed by atoms with Crippen molar-refractivity contribution < 1.29 is 9.18 Å². The van der Waals surface area contributed by atoms with Gasteiger partial charge in [0, 0.05) is 11.9 Å². The van der Waals surface area contributed by atoms with Gasteiger partial charge in [-0.3, -0.25) is 9.48 Å². The summed E-state index contributed by atoms with van der Waals surface area (Å²) in [5.74, 6) is -0.774. The van der Waals surface area contributed by atoms with E-state index in [9.17, 15) is 9.18 Å². The van der Waals surface area contributed by atoms with E-state index in [1.54, 1.807) is 19.3 Å². The summed E-state index contributed by atoms with van der Waals surface area (Å²) in [5, 5.41) is 6.69. The van der Waals surface area contributed by atoms with E-state index in [1.807, 2.05) is 0 Å². The standard InChI is InChI=1S/C12H12BrFN4O/c1-7(18-6-8(13)5-16-18)12(19)17-9-2-3-10(14)11(15)4-9/h2-7H,15H2,1H3,(H,17,19). The van der Waals surface area contributed by atoms with Gasteiger partial charge in [-0.05, 0) is 41.1 Å². The van der Waals surface area contributed by atoms with Crippen molar-refractivity contribution in [2.75, 3.05) is 11.1 Å². The van der Waals surface area contributed by atoms with Gasteiger partial charge in [0.15, 0.2) is 0 Å². The molecule has 1 aromatic carbocycles. The van der Waals surface area contributed by atoms with Crippen LogP contribution in [0.1, 0.15) is 13.0 Å². The van der Waals surface area contributed by atoms with E-state index in [0.717, 1.165) is 4.47 Å². The van der Waals surface area contributed by atoms with Crippen molar-refractivity contribution >= 4 is 33.2 Å². The highest BCUT2D eigenvalue weighted by Gasteiger charge is 2.16. The number of halogens is 2. The van der Waals surface area contributed by atoms with E-state index in [4.69, 9.17) is 5.73 Å². The topological polar surface area (TPSA) is 72.9 Å². The van der Waals surface area contributed by atoms with E-state index in [0.29, 0.717) is 5.69 Å². The van der Waals surface area contributed by atoms with Crippen molar-refractivity contribution in [3.63, 3.8) is 0 Å². The first kappa shape index (κ1) is 13.5. The number of hydrogen-bond donors (Lipinski definition) is 2. The summed E-state index contributed by atoms with van der Waals surface area (Å²) < 4.78 is 15.3. The van der Waals surface area contributed by atoms with Crippen molar-refractivity contribution in [2.24, 2.45) is 0 Å². The van der Waals surface area contributed by atoms with E-state index < -0.39 is 11.9 Å². The Morgan fingerprint density at radius 1 is 1.58 bits per heavy atom. The monoisotopic (exact) mass is 326 g/mol. The van der Waals surface area contributed by atoms with Crippen molar-refractivity contribution in [1.82, 2.24) is 9.78 Å². The van der Waals surface area contributed by atoms with Crippen molar-refractivity contribution in [1.29, 1.82) is 0 Å². The minimum absolute atomic E-state index is 0.00714. The quantitative estimate of drug-likeness (QED) is 0.851. The number of amides is 1. The highest BCUT2D eigenvalue weighted by Crippen LogP contribution is 2.18. The average Bonchev–Trinajstić information content (AvgIpc) is 2.79. The van der Waals surface area contributed by atoms with Crippen LogP contribution in [0.3, 0.4) is 0 Å². The molecule has 1 heterocycles. The number of carbonyl (C=O) groups is 1. The van der Waals surface area contributed by atoms with Crippen molar-refractivity contribution in [3.8, 4) is 0 Å². The average molecular weight is 327 g/mol. The summed E-state index contributed by atoms with van der Waals surface area (Å²) in [4.78, 5) is 12.0. The molecule has 2 rings (SSSR count). The number of anilines is 2. The summed E-state index contributed by atoms with van der Waals surface area (Å²) in [6.07, 6.45) is 3.29. The van der Waals surface area contributed by atoms with Crippen LogP contribution in [0.2, 0.25) is 0 Å². The summed E-state index contributed by atoms with van der Waals surface area (Å²) in [6.45, 7) is 1.71. The second-order valence-electron chi connectivity index (χ2n) is 4.04. The molecule has 0 aliphatic carbocycles. The van der Waals surface area contributed by atoms with Crippen LogP contribution in [-0.4, -0.2) is 15.7 Å². The highest BCUT2D eigenvalue weighted by atomic mass is 79.9. The SMILES string of the molecule is CC(C(=O)Nc1ccc(F)c(N)c1)n1cc(Br)cn1. The Morgan fingerprint density at radius 3 is 2.89 bits per heavy atom. The molecule has 1 unspecified atom stereocenters. The third-order valence-corrected chi connectivity index (χ3v) is 3.02. The Balaban J connectivity index is 2.10.